The summed E-state index contributed by atoms with van der Waals surface area (Å²) in [4.78, 5) is 21.1. The fraction of sp³-hybridized carbons (Fsp3) is 0.0952. The van der Waals surface area contributed by atoms with Crippen molar-refractivity contribution in [2.24, 2.45) is 0 Å². The maximum atomic E-state index is 14.0. The molecule has 142 valence electrons. The van der Waals surface area contributed by atoms with Crippen LogP contribution in [0.4, 0.5) is 10.3 Å². The third-order valence-electron chi connectivity index (χ3n) is 4.15. The van der Waals surface area contributed by atoms with Crippen LogP contribution in [0.2, 0.25) is 5.02 Å². The van der Waals surface area contributed by atoms with Crippen molar-refractivity contribution in [1.29, 1.82) is 0 Å². The molecule has 0 saturated carbocycles. The van der Waals surface area contributed by atoms with Crippen molar-refractivity contribution in [3.05, 3.63) is 100 Å². The first-order valence-electron chi connectivity index (χ1n) is 8.50. The van der Waals surface area contributed by atoms with Crippen LogP contribution >= 0.6 is 11.6 Å². The second-order valence-corrected chi connectivity index (χ2v) is 6.43. The van der Waals surface area contributed by atoms with E-state index in [-0.39, 0.29) is 17.7 Å². The zero-order valence-corrected chi connectivity index (χ0v) is 15.8. The normalized spacial score (nSPS) is 11.8. The highest BCUT2D eigenvalue weighted by atomic mass is 35.5. The molecule has 0 aliphatic carbocycles. The van der Waals surface area contributed by atoms with Crippen molar-refractivity contribution >= 4 is 28.6 Å². The average Bonchev–Trinajstić information content (AvgIpc) is 2.72. The van der Waals surface area contributed by atoms with Gasteiger partial charge in [0.2, 0.25) is 5.95 Å². The molecule has 0 saturated heterocycles. The van der Waals surface area contributed by atoms with Gasteiger partial charge in [-0.1, -0.05) is 43.0 Å². The number of nitrogens with zero attached hydrogens (tertiary/aromatic N) is 3. The molecule has 0 spiro atoms. The summed E-state index contributed by atoms with van der Waals surface area (Å²) in [6, 6.07) is 10.4. The van der Waals surface area contributed by atoms with Crippen LogP contribution in [0.1, 0.15) is 5.56 Å². The zero-order chi connectivity index (χ0) is 20.1. The minimum Gasteiger partial charge on any atom is -0.350 e. The third-order valence-corrected chi connectivity index (χ3v) is 4.40. The number of fused-ring (bicyclic) bond motifs is 1. The Labute approximate surface area is 166 Å². The molecular weight excluding hydrogens is 379 g/mol. The van der Waals surface area contributed by atoms with E-state index >= 15 is 0 Å². The maximum absolute atomic E-state index is 14.0. The molecule has 0 amide bonds. The van der Waals surface area contributed by atoms with Gasteiger partial charge in [-0.05, 0) is 29.8 Å². The standard InChI is InChI=1S/C21H18ClFN4O/c1-3-15(18(23)4-2)13-27-19(28)10-7-16-12-25-21(26-20(16)27)24-11-14-5-8-17(22)9-6-14/h3-10,12H,1-2,11,13H2,(H,24,25,26)/b18-15-. The molecule has 0 aliphatic rings. The van der Waals surface area contributed by atoms with Crippen LogP contribution in [-0.2, 0) is 13.1 Å². The summed E-state index contributed by atoms with van der Waals surface area (Å²) in [6.07, 6.45) is 4.06. The van der Waals surface area contributed by atoms with Gasteiger partial charge in [-0.3, -0.25) is 9.36 Å². The van der Waals surface area contributed by atoms with Gasteiger partial charge in [-0.2, -0.15) is 4.98 Å². The Balaban J connectivity index is 1.95. The van der Waals surface area contributed by atoms with Gasteiger partial charge >= 0.3 is 0 Å². The number of nitrogens with one attached hydrogen (secondary N) is 1. The summed E-state index contributed by atoms with van der Waals surface area (Å²) < 4.78 is 15.3. The van der Waals surface area contributed by atoms with E-state index in [0.717, 1.165) is 11.6 Å². The van der Waals surface area contributed by atoms with Gasteiger partial charge in [-0.25, -0.2) is 9.37 Å². The summed E-state index contributed by atoms with van der Waals surface area (Å²) >= 11 is 5.89. The first kappa shape index (κ1) is 19.5. The van der Waals surface area contributed by atoms with Crippen LogP contribution in [0, 0.1) is 0 Å². The van der Waals surface area contributed by atoms with E-state index in [1.165, 1.54) is 16.7 Å². The second-order valence-electron chi connectivity index (χ2n) is 5.99. The van der Waals surface area contributed by atoms with Crippen molar-refractivity contribution in [1.82, 2.24) is 14.5 Å². The SMILES string of the molecule is C=C/C(F)=C(\C=C)Cn1c(=O)ccc2cnc(NCc3ccc(Cl)cc3)nc21. The van der Waals surface area contributed by atoms with Gasteiger partial charge in [0, 0.05) is 34.8 Å². The number of hydrogen-bond acceptors (Lipinski definition) is 4. The average molecular weight is 397 g/mol. The third kappa shape index (κ3) is 4.35. The molecule has 2 aromatic heterocycles. The number of benzene rings is 1. The highest BCUT2D eigenvalue weighted by molar-refractivity contribution is 6.30. The predicted molar refractivity (Wildman–Crippen MR) is 111 cm³/mol. The molecule has 0 unspecified atom stereocenters. The molecule has 0 atom stereocenters. The van der Waals surface area contributed by atoms with E-state index in [2.05, 4.69) is 28.4 Å². The number of allylic oxidation sites excluding steroid dienone is 4. The molecule has 0 bridgehead atoms. The van der Waals surface area contributed by atoms with Crippen molar-refractivity contribution in [2.75, 3.05) is 5.32 Å². The Morgan fingerprint density at radius 1 is 1.18 bits per heavy atom. The minimum absolute atomic E-state index is 0.00877. The zero-order valence-electron chi connectivity index (χ0n) is 15.0. The fourth-order valence-electron chi connectivity index (χ4n) is 2.63. The van der Waals surface area contributed by atoms with Crippen molar-refractivity contribution in [2.45, 2.75) is 13.1 Å². The van der Waals surface area contributed by atoms with Crippen molar-refractivity contribution < 1.29 is 4.39 Å². The summed E-state index contributed by atoms with van der Waals surface area (Å²) in [5, 5.41) is 4.44. The van der Waals surface area contributed by atoms with E-state index in [1.807, 2.05) is 12.1 Å². The van der Waals surface area contributed by atoms with Crippen LogP contribution in [0.5, 0.6) is 0 Å². The number of aromatic nitrogens is 3. The molecule has 3 aromatic rings. The predicted octanol–water partition coefficient (Wildman–Crippen LogP) is 4.65. The molecule has 7 heteroatoms. The Hall–Kier alpha value is -3.25. The van der Waals surface area contributed by atoms with Gasteiger partial charge in [0.05, 0.1) is 6.54 Å². The van der Waals surface area contributed by atoms with Crippen molar-refractivity contribution in [3.63, 3.8) is 0 Å². The molecule has 3 rings (SSSR count). The van der Waals surface area contributed by atoms with Crippen LogP contribution in [0.25, 0.3) is 11.0 Å². The van der Waals surface area contributed by atoms with Crippen LogP contribution < -0.4 is 10.9 Å². The van der Waals surface area contributed by atoms with Gasteiger partial charge < -0.3 is 5.32 Å². The van der Waals surface area contributed by atoms with Crippen LogP contribution in [0.3, 0.4) is 0 Å². The van der Waals surface area contributed by atoms with Crippen molar-refractivity contribution in [3.8, 4) is 0 Å². The Bertz CT molecular complexity index is 1120. The fourth-order valence-corrected chi connectivity index (χ4v) is 2.76. The lowest BCUT2D eigenvalue weighted by molar-refractivity contribution is 0.639. The van der Waals surface area contributed by atoms with Crippen LogP contribution in [0.15, 0.2) is 84.1 Å². The molecule has 0 fully saturated rings. The molecule has 0 aliphatic heterocycles. The van der Waals surface area contributed by atoms with E-state index in [0.29, 0.717) is 28.5 Å². The first-order valence-corrected chi connectivity index (χ1v) is 8.88. The quantitative estimate of drug-likeness (QED) is 0.590. The number of pyridine rings is 1. The molecular formula is C21H18ClFN4O. The monoisotopic (exact) mass is 396 g/mol. The Morgan fingerprint density at radius 3 is 2.61 bits per heavy atom. The largest absolute Gasteiger partial charge is 0.350 e. The topological polar surface area (TPSA) is 59.8 Å². The lowest BCUT2D eigenvalue weighted by Gasteiger charge is -2.12. The minimum atomic E-state index is -0.533. The Kier molecular flexibility index (Phi) is 6.01. The van der Waals surface area contributed by atoms with Gasteiger partial charge in [-0.15, -0.1) is 0 Å². The summed E-state index contributed by atoms with van der Waals surface area (Å²) in [6.45, 7) is 7.50. The maximum Gasteiger partial charge on any atom is 0.252 e. The number of rotatable bonds is 7. The molecule has 1 N–H and O–H groups in total. The lowest BCUT2D eigenvalue weighted by atomic mass is 10.2. The molecule has 28 heavy (non-hydrogen) atoms. The summed E-state index contributed by atoms with van der Waals surface area (Å²) in [5.41, 5.74) is 1.35. The number of halogens is 2. The van der Waals surface area contributed by atoms with E-state index in [4.69, 9.17) is 11.6 Å². The molecule has 5 nitrogen and oxygen atoms in total. The summed E-state index contributed by atoms with van der Waals surface area (Å²) in [5.74, 6) is -0.177. The van der Waals surface area contributed by atoms with Crippen LogP contribution in [-0.4, -0.2) is 14.5 Å². The number of hydrogen-bond donors (Lipinski definition) is 1. The number of anilines is 1. The smallest absolute Gasteiger partial charge is 0.252 e. The Morgan fingerprint density at radius 2 is 1.93 bits per heavy atom. The van der Waals surface area contributed by atoms with Gasteiger partial charge in [0.25, 0.3) is 5.56 Å². The highest BCUT2D eigenvalue weighted by Gasteiger charge is 2.10. The lowest BCUT2D eigenvalue weighted by Crippen LogP contribution is -2.21. The van der Waals surface area contributed by atoms with E-state index in [1.54, 1.807) is 24.4 Å². The van der Waals surface area contributed by atoms with E-state index < -0.39 is 5.83 Å². The van der Waals surface area contributed by atoms with Gasteiger partial charge in [0.1, 0.15) is 11.5 Å². The second kappa shape index (κ2) is 8.63. The molecule has 0 radical (unpaired) electrons. The molecule has 1 aromatic carbocycles. The van der Waals surface area contributed by atoms with E-state index in [9.17, 15) is 9.18 Å². The molecule has 2 heterocycles. The highest BCUT2D eigenvalue weighted by Crippen LogP contribution is 2.16. The first-order chi connectivity index (χ1) is 13.5. The summed E-state index contributed by atoms with van der Waals surface area (Å²) in [7, 11) is 0. The van der Waals surface area contributed by atoms with Gasteiger partial charge in [0.15, 0.2) is 0 Å².